The van der Waals surface area contributed by atoms with Gasteiger partial charge in [-0.05, 0) is 34.5 Å². The second-order valence-electron chi connectivity index (χ2n) is 4.17. The van der Waals surface area contributed by atoms with E-state index in [9.17, 15) is 4.79 Å². The number of halogens is 2. The summed E-state index contributed by atoms with van der Waals surface area (Å²) in [4.78, 5) is 24.3. The first-order valence-electron chi connectivity index (χ1n) is 6.29. The Hall–Kier alpha value is -1.73. The highest BCUT2D eigenvalue weighted by Crippen LogP contribution is 2.16. The minimum atomic E-state index is -0.324. The molecule has 0 aliphatic carbocycles. The summed E-state index contributed by atoms with van der Waals surface area (Å²) in [7, 11) is 0. The SMILES string of the molecule is CCCNc1cc(C(=O)Nc2cnc(Br)cn2)cc(Cl)n1. The first kappa shape index (κ1) is 15.7. The maximum Gasteiger partial charge on any atom is 0.257 e. The highest BCUT2D eigenvalue weighted by atomic mass is 79.9. The molecule has 0 spiro atoms. The zero-order valence-corrected chi connectivity index (χ0v) is 13.6. The van der Waals surface area contributed by atoms with Crippen molar-refractivity contribution in [1.29, 1.82) is 0 Å². The third kappa shape index (κ3) is 4.64. The fourth-order valence-electron chi connectivity index (χ4n) is 1.54. The number of rotatable bonds is 5. The quantitative estimate of drug-likeness (QED) is 0.789. The van der Waals surface area contributed by atoms with E-state index in [1.807, 2.05) is 6.92 Å². The first-order valence-corrected chi connectivity index (χ1v) is 7.46. The predicted molar refractivity (Wildman–Crippen MR) is 85.7 cm³/mol. The van der Waals surface area contributed by atoms with Gasteiger partial charge in [-0.3, -0.25) is 4.79 Å². The number of anilines is 2. The zero-order valence-electron chi connectivity index (χ0n) is 11.2. The minimum absolute atomic E-state index is 0.253. The van der Waals surface area contributed by atoms with Crippen LogP contribution in [0, 0.1) is 0 Å². The molecule has 2 aromatic heterocycles. The van der Waals surface area contributed by atoms with E-state index < -0.39 is 0 Å². The standard InChI is InChI=1S/C13H13BrClN5O/c1-2-3-16-11-5-8(4-10(15)19-11)13(21)20-12-7-17-9(14)6-18-12/h4-7H,2-3H2,1H3,(H,16,19)(H,18,20,21). The lowest BCUT2D eigenvalue weighted by molar-refractivity contribution is 0.102. The Morgan fingerprint density at radius 2 is 2.10 bits per heavy atom. The molecule has 0 fully saturated rings. The van der Waals surface area contributed by atoms with Gasteiger partial charge in [0.05, 0.1) is 12.4 Å². The fourth-order valence-corrected chi connectivity index (χ4v) is 1.95. The third-order valence-electron chi connectivity index (χ3n) is 2.47. The highest BCUT2D eigenvalue weighted by Gasteiger charge is 2.10. The molecule has 0 aliphatic heterocycles. The number of aromatic nitrogens is 3. The molecular formula is C13H13BrClN5O. The molecule has 2 rings (SSSR count). The van der Waals surface area contributed by atoms with Crippen LogP contribution in [0.15, 0.2) is 29.1 Å². The average molecular weight is 371 g/mol. The van der Waals surface area contributed by atoms with Gasteiger partial charge in [-0.2, -0.15) is 0 Å². The molecule has 2 heterocycles. The van der Waals surface area contributed by atoms with Gasteiger partial charge in [-0.15, -0.1) is 0 Å². The Morgan fingerprint density at radius 3 is 2.76 bits per heavy atom. The van der Waals surface area contributed by atoms with Crippen LogP contribution in [-0.2, 0) is 0 Å². The van der Waals surface area contributed by atoms with E-state index in [0.29, 0.717) is 21.8 Å². The fraction of sp³-hybridized carbons (Fsp3) is 0.231. The maximum atomic E-state index is 12.2. The molecular weight excluding hydrogens is 358 g/mol. The van der Waals surface area contributed by atoms with Gasteiger partial charge in [0.15, 0.2) is 5.82 Å². The number of nitrogens with one attached hydrogen (secondary N) is 2. The molecule has 110 valence electrons. The molecule has 2 N–H and O–H groups in total. The number of carbonyl (C=O) groups is 1. The Balaban J connectivity index is 2.14. The monoisotopic (exact) mass is 369 g/mol. The first-order chi connectivity index (χ1) is 10.1. The molecule has 6 nitrogen and oxygen atoms in total. The van der Waals surface area contributed by atoms with Crippen LogP contribution in [0.1, 0.15) is 23.7 Å². The number of amides is 1. The van der Waals surface area contributed by atoms with Crippen molar-refractivity contribution >= 4 is 45.1 Å². The normalized spacial score (nSPS) is 10.2. The molecule has 0 saturated carbocycles. The van der Waals surface area contributed by atoms with Crippen LogP contribution in [0.2, 0.25) is 5.15 Å². The van der Waals surface area contributed by atoms with E-state index in [1.54, 1.807) is 6.07 Å². The maximum absolute atomic E-state index is 12.2. The van der Waals surface area contributed by atoms with Crippen molar-refractivity contribution in [2.75, 3.05) is 17.2 Å². The van der Waals surface area contributed by atoms with E-state index in [1.165, 1.54) is 18.5 Å². The molecule has 0 aliphatic rings. The molecule has 0 aromatic carbocycles. The van der Waals surface area contributed by atoms with Crippen LogP contribution in [0.5, 0.6) is 0 Å². The van der Waals surface area contributed by atoms with Crippen LogP contribution < -0.4 is 10.6 Å². The van der Waals surface area contributed by atoms with Crippen molar-refractivity contribution in [1.82, 2.24) is 15.0 Å². The Labute approximate surface area is 135 Å². The Kier molecular flexibility index (Phi) is 5.46. The van der Waals surface area contributed by atoms with Gasteiger partial charge >= 0.3 is 0 Å². The summed E-state index contributed by atoms with van der Waals surface area (Å²) in [6, 6.07) is 3.14. The minimum Gasteiger partial charge on any atom is -0.370 e. The number of hydrogen-bond acceptors (Lipinski definition) is 5. The van der Waals surface area contributed by atoms with Crippen LogP contribution in [0.4, 0.5) is 11.6 Å². The summed E-state index contributed by atoms with van der Waals surface area (Å²) in [5, 5.41) is 5.99. The van der Waals surface area contributed by atoms with E-state index in [2.05, 4.69) is 41.5 Å². The van der Waals surface area contributed by atoms with Gasteiger partial charge < -0.3 is 10.6 Å². The lowest BCUT2D eigenvalue weighted by Gasteiger charge is -2.08. The van der Waals surface area contributed by atoms with E-state index in [4.69, 9.17) is 11.6 Å². The summed E-state index contributed by atoms with van der Waals surface area (Å²) in [6.45, 7) is 2.80. The van der Waals surface area contributed by atoms with Gasteiger partial charge in [0.1, 0.15) is 15.6 Å². The molecule has 0 bridgehead atoms. The molecule has 0 radical (unpaired) electrons. The van der Waals surface area contributed by atoms with Gasteiger partial charge in [0, 0.05) is 12.1 Å². The summed E-state index contributed by atoms with van der Waals surface area (Å²) in [6.07, 6.45) is 3.91. The van der Waals surface area contributed by atoms with Gasteiger partial charge in [0.2, 0.25) is 0 Å². The van der Waals surface area contributed by atoms with E-state index in [-0.39, 0.29) is 11.1 Å². The summed E-state index contributed by atoms with van der Waals surface area (Å²) >= 11 is 9.11. The van der Waals surface area contributed by atoms with Crippen molar-refractivity contribution in [3.8, 4) is 0 Å². The number of hydrogen-bond donors (Lipinski definition) is 2. The van der Waals surface area contributed by atoms with Crippen LogP contribution in [0.25, 0.3) is 0 Å². The molecule has 0 saturated heterocycles. The van der Waals surface area contributed by atoms with Crippen molar-refractivity contribution in [3.05, 3.63) is 39.8 Å². The van der Waals surface area contributed by atoms with Crippen molar-refractivity contribution in [2.45, 2.75) is 13.3 Å². The molecule has 0 atom stereocenters. The lowest BCUT2D eigenvalue weighted by atomic mass is 10.2. The summed E-state index contributed by atoms with van der Waals surface area (Å²) in [5.74, 6) is 0.603. The Morgan fingerprint density at radius 1 is 1.29 bits per heavy atom. The van der Waals surface area contributed by atoms with Crippen molar-refractivity contribution in [3.63, 3.8) is 0 Å². The van der Waals surface area contributed by atoms with Crippen LogP contribution in [-0.4, -0.2) is 27.4 Å². The number of nitrogens with zero attached hydrogens (tertiary/aromatic N) is 3. The van der Waals surface area contributed by atoms with Gasteiger partial charge in [-0.25, -0.2) is 15.0 Å². The Bertz CT molecular complexity index is 635. The second-order valence-corrected chi connectivity index (χ2v) is 5.37. The molecule has 0 unspecified atom stereocenters. The van der Waals surface area contributed by atoms with Gasteiger partial charge in [-0.1, -0.05) is 18.5 Å². The number of pyridine rings is 1. The molecule has 2 aromatic rings. The van der Waals surface area contributed by atoms with Crippen LogP contribution >= 0.6 is 27.5 Å². The highest BCUT2D eigenvalue weighted by molar-refractivity contribution is 9.10. The second kappa shape index (κ2) is 7.33. The van der Waals surface area contributed by atoms with Crippen molar-refractivity contribution in [2.24, 2.45) is 0 Å². The smallest absolute Gasteiger partial charge is 0.257 e. The van der Waals surface area contributed by atoms with Crippen LogP contribution in [0.3, 0.4) is 0 Å². The third-order valence-corrected chi connectivity index (χ3v) is 3.08. The van der Waals surface area contributed by atoms with Gasteiger partial charge in [0.25, 0.3) is 5.91 Å². The largest absolute Gasteiger partial charge is 0.370 e. The summed E-state index contributed by atoms with van der Waals surface area (Å²) < 4.78 is 0.596. The summed E-state index contributed by atoms with van der Waals surface area (Å²) in [5.41, 5.74) is 0.401. The molecule has 8 heteroatoms. The van der Waals surface area contributed by atoms with Crippen molar-refractivity contribution < 1.29 is 4.79 Å². The zero-order chi connectivity index (χ0) is 15.2. The van der Waals surface area contributed by atoms with E-state index in [0.717, 1.165) is 13.0 Å². The average Bonchev–Trinajstić information content (AvgIpc) is 2.47. The predicted octanol–water partition coefficient (Wildman–Crippen LogP) is 3.36. The molecule has 1 amide bonds. The van der Waals surface area contributed by atoms with E-state index >= 15 is 0 Å². The molecule has 21 heavy (non-hydrogen) atoms. The topological polar surface area (TPSA) is 79.8 Å². The number of carbonyl (C=O) groups excluding carboxylic acids is 1. The lowest BCUT2D eigenvalue weighted by Crippen LogP contribution is -2.14.